The van der Waals surface area contributed by atoms with Gasteiger partial charge in [-0.2, -0.15) is 0 Å². The Morgan fingerprint density at radius 2 is 2.08 bits per heavy atom. The van der Waals surface area contributed by atoms with Crippen LogP contribution in [0.1, 0.15) is 45.3 Å². The number of ether oxygens (including phenoxy) is 1. The average molecular weight is 464 g/mol. The summed E-state index contributed by atoms with van der Waals surface area (Å²) in [6.45, 7) is 8.32. The first-order chi connectivity index (χ1) is 11.3. The molecule has 0 amide bonds. The number of piperidine rings is 1. The molecule has 25 heavy (non-hydrogen) atoms. The average Bonchev–Trinajstić information content (AvgIpc) is 3.04. The first-order valence-corrected chi connectivity index (χ1v) is 8.33. The summed E-state index contributed by atoms with van der Waals surface area (Å²) < 4.78 is 10.6. The predicted octanol–water partition coefficient (Wildman–Crippen LogP) is 2.55. The Morgan fingerprint density at radius 1 is 1.44 bits per heavy atom. The minimum absolute atomic E-state index is 0. The van der Waals surface area contributed by atoms with Crippen molar-refractivity contribution < 1.29 is 13.9 Å². The molecule has 2 heterocycles. The summed E-state index contributed by atoms with van der Waals surface area (Å²) in [5, 5.41) is 3.28. The van der Waals surface area contributed by atoms with Gasteiger partial charge in [0.15, 0.2) is 5.96 Å². The van der Waals surface area contributed by atoms with Gasteiger partial charge in [0.05, 0.1) is 25.8 Å². The first kappa shape index (κ1) is 21.7. The number of halogens is 1. The number of hydrogen-bond donors (Lipinski definition) is 1. The minimum Gasteiger partial charge on any atom is -0.469 e. The van der Waals surface area contributed by atoms with Crippen LogP contribution >= 0.6 is 24.0 Å². The maximum absolute atomic E-state index is 11.6. The summed E-state index contributed by atoms with van der Waals surface area (Å²) in [6, 6.07) is 0. The molecule has 0 saturated carbocycles. The number of guanidine groups is 1. The largest absolute Gasteiger partial charge is 0.469 e. The summed E-state index contributed by atoms with van der Waals surface area (Å²) in [7, 11) is 3.20. The van der Waals surface area contributed by atoms with Crippen LogP contribution < -0.4 is 5.32 Å². The number of carbonyl (C=O) groups is 1. The Balaban J connectivity index is 0.00000312. The zero-order valence-electron chi connectivity index (χ0n) is 15.7. The highest BCUT2D eigenvalue weighted by Crippen LogP contribution is 2.22. The van der Waals surface area contributed by atoms with Crippen molar-refractivity contribution in [2.45, 2.75) is 45.6 Å². The minimum atomic E-state index is -0.118. The van der Waals surface area contributed by atoms with Crippen LogP contribution in [0.3, 0.4) is 0 Å². The molecule has 2 rings (SSSR count). The lowest BCUT2D eigenvalue weighted by molar-refractivity contribution is -0.146. The SMILES string of the molecule is CN=C(NCc1ncc(C(C)(C)C)o1)N1CCC(C(=O)OC)CC1.I. The molecule has 1 N–H and O–H groups in total. The number of oxazole rings is 1. The van der Waals surface area contributed by atoms with Gasteiger partial charge in [-0.1, -0.05) is 20.8 Å². The normalized spacial score (nSPS) is 16.4. The monoisotopic (exact) mass is 464 g/mol. The molecule has 1 aliphatic heterocycles. The lowest BCUT2D eigenvalue weighted by Gasteiger charge is -2.32. The van der Waals surface area contributed by atoms with E-state index in [1.165, 1.54) is 7.11 Å². The number of hydrogen-bond acceptors (Lipinski definition) is 5. The molecule has 0 unspecified atom stereocenters. The first-order valence-electron chi connectivity index (χ1n) is 8.33. The van der Waals surface area contributed by atoms with Gasteiger partial charge >= 0.3 is 5.97 Å². The van der Waals surface area contributed by atoms with Gasteiger partial charge in [-0.15, -0.1) is 24.0 Å². The van der Waals surface area contributed by atoms with Crippen LogP contribution in [-0.4, -0.2) is 49.1 Å². The number of likely N-dealkylation sites (tertiary alicyclic amines) is 1. The number of carbonyl (C=O) groups excluding carboxylic acids is 1. The molecule has 0 aromatic carbocycles. The number of aromatic nitrogens is 1. The lowest BCUT2D eigenvalue weighted by Crippen LogP contribution is -2.46. The second-order valence-corrected chi connectivity index (χ2v) is 7.05. The van der Waals surface area contributed by atoms with Crippen LogP contribution in [0, 0.1) is 5.92 Å². The highest BCUT2D eigenvalue weighted by molar-refractivity contribution is 14.0. The molecule has 7 nitrogen and oxygen atoms in total. The van der Waals surface area contributed by atoms with Gasteiger partial charge in [0.1, 0.15) is 5.76 Å². The zero-order chi connectivity index (χ0) is 17.7. The fourth-order valence-corrected chi connectivity index (χ4v) is 2.72. The van der Waals surface area contributed by atoms with Crippen LogP contribution in [-0.2, 0) is 21.5 Å². The van der Waals surface area contributed by atoms with E-state index in [9.17, 15) is 4.79 Å². The Hall–Kier alpha value is -1.32. The van der Waals surface area contributed by atoms with Crippen molar-refractivity contribution in [2.75, 3.05) is 27.2 Å². The molecular formula is C17H29IN4O3. The highest BCUT2D eigenvalue weighted by atomic mass is 127. The topological polar surface area (TPSA) is 80.0 Å². The van der Waals surface area contributed by atoms with Crippen molar-refractivity contribution in [3.05, 3.63) is 17.8 Å². The van der Waals surface area contributed by atoms with Crippen molar-refractivity contribution in [2.24, 2.45) is 10.9 Å². The third kappa shape index (κ3) is 5.86. The van der Waals surface area contributed by atoms with Crippen molar-refractivity contribution >= 4 is 35.9 Å². The van der Waals surface area contributed by atoms with Crippen LogP contribution in [0.5, 0.6) is 0 Å². The molecule has 1 aromatic rings. The van der Waals surface area contributed by atoms with Gasteiger partial charge in [0.25, 0.3) is 0 Å². The Kier molecular flexibility index (Phi) is 8.17. The summed E-state index contributed by atoms with van der Waals surface area (Å²) >= 11 is 0. The van der Waals surface area contributed by atoms with E-state index in [0.717, 1.165) is 37.7 Å². The van der Waals surface area contributed by atoms with Gasteiger partial charge in [0, 0.05) is 25.6 Å². The van der Waals surface area contributed by atoms with Crippen molar-refractivity contribution in [3.63, 3.8) is 0 Å². The van der Waals surface area contributed by atoms with E-state index < -0.39 is 0 Å². The van der Waals surface area contributed by atoms with Crippen LogP contribution in [0.15, 0.2) is 15.6 Å². The lowest BCUT2D eigenvalue weighted by atomic mass is 9.94. The maximum Gasteiger partial charge on any atom is 0.308 e. The summed E-state index contributed by atoms with van der Waals surface area (Å²) in [5.41, 5.74) is -0.0529. The second-order valence-electron chi connectivity index (χ2n) is 7.05. The molecule has 1 fully saturated rings. The molecule has 142 valence electrons. The van der Waals surface area contributed by atoms with Crippen molar-refractivity contribution in [1.29, 1.82) is 0 Å². The number of nitrogens with one attached hydrogen (secondary N) is 1. The van der Waals surface area contributed by atoms with Gasteiger partial charge in [-0.3, -0.25) is 9.79 Å². The van der Waals surface area contributed by atoms with Crippen LogP contribution in [0.25, 0.3) is 0 Å². The molecular weight excluding hydrogens is 435 g/mol. The fourth-order valence-electron chi connectivity index (χ4n) is 2.72. The Morgan fingerprint density at radius 3 is 2.56 bits per heavy atom. The quantitative estimate of drug-likeness (QED) is 0.321. The molecule has 1 aromatic heterocycles. The third-order valence-electron chi connectivity index (χ3n) is 4.23. The third-order valence-corrected chi connectivity index (χ3v) is 4.23. The Labute approximate surface area is 166 Å². The molecule has 0 aliphatic carbocycles. The molecule has 1 saturated heterocycles. The number of aliphatic imine (C=N–C) groups is 1. The summed E-state index contributed by atoms with van der Waals surface area (Å²) in [4.78, 5) is 22.4. The van der Waals surface area contributed by atoms with Crippen LogP contribution in [0.4, 0.5) is 0 Å². The number of rotatable bonds is 3. The van der Waals surface area contributed by atoms with E-state index in [1.807, 2.05) is 0 Å². The van der Waals surface area contributed by atoms with Gasteiger partial charge < -0.3 is 19.4 Å². The van der Waals surface area contributed by atoms with E-state index in [1.54, 1.807) is 13.2 Å². The van der Waals surface area contributed by atoms with E-state index in [2.05, 4.69) is 41.0 Å². The van der Waals surface area contributed by atoms with E-state index in [-0.39, 0.29) is 41.3 Å². The smallest absolute Gasteiger partial charge is 0.308 e. The number of methoxy groups -OCH3 is 1. The van der Waals surface area contributed by atoms with Crippen LogP contribution in [0.2, 0.25) is 0 Å². The van der Waals surface area contributed by atoms with E-state index >= 15 is 0 Å². The number of esters is 1. The molecule has 0 atom stereocenters. The summed E-state index contributed by atoms with van der Waals surface area (Å²) in [5.74, 6) is 2.19. The molecule has 0 radical (unpaired) electrons. The fraction of sp³-hybridized carbons (Fsp3) is 0.706. The zero-order valence-corrected chi connectivity index (χ0v) is 18.0. The van der Waals surface area contributed by atoms with Crippen molar-refractivity contribution in [3.8, 4) is 0 Å². The highest BCUT2D eigenvalue weighted by Gasteiger charge is 2.27. The van der Waals surface area contributed by atoms with E-state index in [0.29, 0.717) is 12.4 Å². The molecule has 8 heteroatoms. The predicted molar refractivity (Wildman–Crippen MR) is 107 cm³/mol. The van der Waals surface area contributed by atoms with Gasteiger partial charge in [-0.05, 0) is 12.8 Å². The molecule has 1 aliphatic rings. The molecule has 0 spiro atoms. The van der Waals surface area contributed by atoms with Gasteiger partial charge in [-0.25, -0.2) is 4.98 Å². The summed E-state index contributed by atoms with van der Waals surface area (Å²) in [6.07, 6.45) is 3.34. The Bertz CT molecular complexity index is 587. The number of nitrogens with zero attached hydrogens (tertiary/aromatic N) is 3. The van der Waals surface area contributed by atoms with Gasteiger partial charge in [0.2, 0.25) is 5.89 Å². The van der Waals surface area contributed by atoms with E-state index in [4.69, 9.17) is 9.15 Å². The maximum atomic E-state index is 11.6. The molecule has 0 bridgehead atoms. The second kappa shape index (κ2) is 9.40. The standard InChI is InChI=1S/C17H28N4O3.HI/c1-17(2,3)13-10-19-14(24-13)11-20-16(18-4)21-8-6-12(7-9-21)15(22)23-5;/h10,12H,6-9,11H2,1-5H3,(H,18,20);1H. The van der Waals surface area contributed by atoms with Crippen molar-refractivity contribution in [1.82, 2.24) is 15.2 Å².